The Morgan fingerprint density at radius 3 is 1.12 bits per heavy atom. The fraction of sp³-hybridized carbons (Fsp3) is 0. The highest BCUT2D eigenvalue weighted by Crippen LogP contribution is 2.52. The molecule has 12 rings (SSSR count). The Hall–Kier alpha value is -8.66. The maximum atomic E-state index is 4.33. The number of nitrogens with zero attached hydrogens (tertiary/aromatic N) is 3. The normalized spacial score (nSPS) is 11.4. The Labute approximate surface area is 378 Å². The first-order chi connectivity index (χ1) is 32.3. The number of pyridine rings is 2. The summed E-state index contributed by atoms with van der Waals surface area (Å²) in [5, 5.41) is 9.57. The fourth-order valence-electron chi connectivity index (χ4n) is 9.95. The summed E-state index contributed by atoms with van der Waals surface area (Å²) in [6.45, 7) is 0. The number of aromatic nitrogens is 2. The van der Waals surface area contributed by atoms with Gasteiger partial charge in [0, 0.05) is 47.1 Å². The van der Waals surface area contributed by atoms with Gasteiger partial charge in [-0.3, -0.25) is 9.97 Å². The van der Waals surface area contributed by atoms with Gasteiger partial charge in [-0.1, -0.05) is 152 Å². The Morgan fingerprint density at radius 2 is 0.615 bits per heavy atom. The zero-order valence-electron chi connectivity index (χ0n) is 35.5. The van der Waals surface area contributed by atoms with E-state index in [0.717, 1.165) is 50.4 Å². The quantitative estimate of drug-likeness (QED) is 0.113. The zero-order chi connectivity index (χ0) is 43.1. The van der Waals surface area contributed by atoms with Crippen molar-refractivity contribution < 1.29 is 0 Å². The third-order valence-corrected chi connectivity index (χ3v) is 12.8. The third-order valence-electron chi connectivity index (χ3n) is 12.8. The molecule has 0 aliphatic carbocycles. The van der Waals surface area contributed by atoms with Gasteiger partial charge in [0.2, 0.25) is 0 Å². The van der Waals surface area contributed by atoms with E-state index in [1.807, 2.05) is 24.8 Å². The number of fused-ring (bicyclic) bond motifs is 5. The molecule has 3 heteroatoms. The molecule has 0 N–H and O–H groups in total. The van der Waals surface area contributed by atoms with Crippen LogP contribution in [0.2, 0.25) is 0 Å². The van der Waals surface area contributed by atoms with Crippen molar-refractivity contribution in [3.05, 3.63) is 249 Å². The van der Waals surface area contributed by atoms with Crippen LogP contribution < -0.4 is 4.90 Å². The van der Waals surface area contributed by atoms with Gasteiger partial charge in [0.15, 0.2) is 0 Å². The summed E-state index contributed by atoms with van der Waals surface area (Å²) >= 11 is 0. The largest absolute Gasteiger partial charge is 0.309 e. The molecule has 12 aromatic rings. The molecule has 0 bridgehead atoms. The van der Waals surface area contributed by atoms with Crippen LogP contribution in [-0.2, 0) is 0 Å². The number of para-hydroxylation sites is 2. The van der Waals surface area contributed by atoms with Crippen molar-refractivity contribution >= 4 is 60.2 Å². The molecule has 65 heavy (non-hydrogen) atoms. The van der Waals surface area contributed by atoms with Gasteiger partial charge in [0.25, 0.3) is 0 Å². The van der Waals surface area contributed by atoms with Crippen LogP contribution in [0.5, 0.6) is 0 Å². The van der Waals surface area contributed by atoms with E-state index in [2.05, 4.69) is 239 Å². The van der Waals surface area contributed by atoms with Crippen LogP contribution in [0.15, 0.2) is 249 Å². The summed E-state index contributed by atoms with van der Waals surface area (Å²) in [4.78, 5) is 11.1. The Morgan fingerprint density at radius 1 is 0.231 bits per heavy atom. The molecule has 0 aliphatic rings. The molecule has 0 fully saturated rings. The average Bonchev–Trinajstić information content (AvgIpc) is 3.39. The molecule has 2 aromatic heterocycles. The van der Waals surface area contributed by atoms with Crippen molar-refractivity contribution in [2.45, 2.75) is 0 Å². The number of hydrogen-bond acceptors (Lipinski definition) is 3. The molecule has 0 saturated carbocycles. The minimum atomic E-state index is 1.09. The first kappa shape index (κ1) is 38.0. The number of rotatable bonds is 8. The Balaban J connectivity index is 1.28. The fourth-order valence-corrected chi connectivity index (χ4v) is 9.95. The monoisotopic (exact) mass is 827 g/mol. The van der Waals surface area contributed by atoms with Crippen LogP contribution in [0.4, 0.5) is 17.1 Å². The first-order valence-electron chi connectivity index (χ1n) is 22.1. The van der Waals surface area contributed by atoms with E-state index in [1.165, 1.54) is 65.3 Å². The molecule has 0 atom stereocenters. The summed E-state index contributed by atoms with van der Waals surface area (Å²) in [5.74, 6) is 0. The summed E-state index contributed by atoms with van der Waals surface area (Å²) < 4.78 is 0. The second-order valence-corrected chi connectivity index (χ2v) is 16.5. The lowest BCUT2D eigenvalue weighted by Crippen LogP contribution is -2.12. The van der Waals surface area contributed by atoms with Crippen molar-refractivity contribution in [3.8, 4) is 55.6 Å². The molecule has 0 aliphatic heterocycles. The van der Waals surface area contributed by atoms with E-state index in [9.17, 15) is 0 Å². The molecule has 0 spiro atoms. The van der Waals surface area contributed by atoms with E-state index >= 15 is 0 Å². The van der Waals surface area contributed by atoms with E-state index in [-0.39, 0.29) is 0 Å². The predicted octanol–water partition coefficient (Wildman–Crippen LogP) is 16.9. The van der Waals surface area contributed by atoms with Crippen molar-refractivity contribution in [1.82, 2.24) is 9.97 Å². The molecule has 0 radical (unpaired) electrons. The van der Waals surface area contributed by atoms with Crippen LogP contribution >= 0.6 is 0 Å². The highest BCUT2D eigenvalue weighted by Gasteiger charge is 2.26. The van der Waals surface area contributed by atoms with Crippen molar-refractivity contribution in [2.24, 2.45) is 0 Å². The zero-order valence-corrected chi connectivity index (χ0v) is 35.5. The minimum Gasteiger partial charge on any atom is -0.309 e. The summed E-state index contributed by atoms with van der Waals surface area (Å²) in [7, 11) is 0. The average molecular weight is 828 g/mol. The number of anilines is 3. The molecule has 0 saturated heterocycles. The van der Waals surface area contributed by atoms with Crippen LogP contribution in [-0.4, -0.2) is 9.97 Å². The molecule has 2 heterocycles. The smallest absolute Gasteiger partial charge is 0.0624 e. The lowest BCUT2D eigenvalue weighted by Gasteiger charge is -2.31. The van der Waals surface area contributed by atoms with Crippen molar-refractivity contribution in [1.29, 1.82) is 0 Å². The molecule has 0 unspecified atom stereocenters. The van der Waals surface area contributed by atoms with E-state index in [1.54, 1.807) is 0 Å². The van der Waals surface area contributed by atoms with Crippen molar-refractivity contribution in [2.75, 3.05) is 4.90 Å². The minimum absolute atomic E-state index is 1.09. The molecule has 0 amide bonds. The maximum Gasteiger partial charge on any atom is 0.0624 e. The molecular weight excluding hydrogens is 787 g/mol. The summed E-state index contributed by atoms with van der Waals surface area (Å²) in [5.41, 5.74) is 15.0. The second-order valence-electron chi connectivity index (χ2n) is 16.5. The van der Waals surface area contributed by atoms with Gasteiger partial charge in [0.05, 0.1) is 5.69 Å². The predicted molar refractivity (Wildman–Crippen MR) is 274 cm³/mol. The Kier molecular flexibility index (Phi) is 9.50. The van der Waals surface area contributed by atoms with E-state index in [0.29, 0.717) is 0 Å². The molecule has 10 aromatic carbocycles. The molecular formula is C62H41N3. The topological polar surface area (TPSA) is 29.0 Å². The van der Waals surface area contributed by atoms with E-state index < -0.39 is 0 Å². The van der Waals surface area contributed by atoms with Gasteiger partial charge in [-0.25, -0.2) is 0 Å². The van der Waals surface area contributed by atoms with Gasteiger partial charge >= 0.3 is 0 Å². The standard InChI is InChI=1S/C62H41N3/c1-4-16-44(17-5-1)61-56-41-58-57(40-55(56)51-26-10-13-29-54(51)62(61)65(49-22-6-2-7-23-49)50-24-8-3-9-25-50)59(47-20-14-18-45(38-47)42-30-34-63-35-31-42)52-27-11-12-28-53(52)60(58)48-21-15-19-46(39-48)43-32-36-64-37-33-43/h1-41H. The van der Waals surface area contributed by atoms with Crippen LogP contribution in [0.1, 0.15) is 0 Å². The van der Waals surface area contributed by atoms with Crippen molar-refractivity contribution in [3.63, 3.8) is 0 Å². The highest BCUT2D eigenvalue weighted by atomic mass is 15.1. The lowest BCUT2D eigenvalue weighted by atomic mass is 9.82. The Bertz CT molecular complexity index is 3650. The third kappa shape index (κ3) is 6.70. The number of benzene rings is 10. The maximum absolute atomic E-state index is 4.33. The first-order valence-corrected chi connectivity index (χ1v) is 22.1. The van der Waals surface area contributed by atoms with Crippen LogP contribution in [0.25, 0.3) is 98.7 Å². The SMILES string of the molecule is c1ccc(-c2c(N(c3ccccc3)c3ccccc3)c3ccccc3c3cc4c(-c5cccc(-c6ccncc6)c5)c5ccccc5c(-c5cccc(-c6ccncc6)c5)c4cc23)cc1. The van der Waals surface area contributed by atoms with Gasteiger partial charge < -0.3 is 4.90 Å². The van der Waals surface area contributed by atoms with Crippen LogP contribution in [0.3, 0.4) is 0 Å². The second kappa shape index (κ2) is 16.2. The summed E-state index contributed by atoms with van der Waals surface area (Å²) in [6.07, 6.45) is 7.48. The van der Waals surface area contributed by atoms with Gasteiger partial charge in [-0.05, 0) is 161 Å². The lowest BCUT2D eigenvalue weighted by molar-refractivity contribution is 1.30. The van der Waals surface area contributed by atoms with E-state index in [4.69, 9.17) is 0 Å². The van der Waals surface area contributed by atoms with Gasteiger partial charge in [-0.2, -0.15) is 0 Å². The van der Waals surface area contributed by atoms with Gasteiger partial charge in [-0.15, -0.1) is 0 Å². The number of hydrogen-bond donors (Lipinski definition) is 0. The molecule has 3 nitrogen and oxygen atoms in total. The summed E-state index contributed by atoms with van der Waals surface area (Å²) in [6, 6.07) is 81.9. The van der Waals surface area contributed by atoms with Gasteiger partial charge in [0.1, 0.15) is 0 Å². The molecule has 304 valence electrons. The highest BCUT2D eigenvalue weighted by molar-refractivity contribution is 6.29. The van der Waals surface area contributed by atoms with Crippen LogP contribution in [0, 0.1) is 0 Å².